The summed E-state index contributed by atoms with van der Waals surface area (Å²) >= 11 is 5.94. The number of hydrogen-bond donors (Lipinski definition) is 1. The molecule has 4 nitrogen and oxygen atoms in total. The van der Waals surface area contributed by atoms with Crippen LogP contribution >= 0.6 is 11.6 Å². The second kappa shape index (κ2) is 5.76. The fourth-order valence-electron chi connectivity index (χ4n) is 2.31. The topological polar surface area (TPSA) is 45.4 Å². The van der Waals surface area contributed by atoms with Crippen molar-refractivity contribution < 1.29 is 0 Å². The van der Waals surface area contributed by atoms with Crippen LogP contribution in [0, 0.1) is 0 Å². The van der Waals surface area contributed by atoms with Crippen LogP contribution in [0.3, 0.4) is 0 Å². The molecule has 1 aromatic heterocycles. The van der Waals surface area contributed by atoms with Gasteiger partial charge < -0.3 is 10.6 Å². The van der Waals surface area contributed by atoms with Crippen LogP contribution in [0.4, 0.5) is 11.5 Å². The Morgan fingerprint density at radius 1 is 1.33 bits per heavy atom. The van der Waals surface area contributed by atoms with Crippen molar-refractivity contribution in [3.8, 4) is 0 Å². The van der Waals surface area contributed by atoms with Gasteiger partial charge in [0.05, 0.1) is 0 Å². The first-order chi connectivity index (χ1) is 8.60. The number of nitrogens with zero attached hydrogens (tertiary/aromatic N) is 3. The zero-order valence-electron chi connectivity index (χ0n) is 11.1. The van der Waals surface area contributed by atoms with Crippen molar-refractivity contribution in [3.63, 3.8) is 0 Å². The number of hydrogen-bond acceptors (Lipinski definition) is 4. The highest BCUT2D eigenvalue weighted by molar-refractivity contribution is 6.29. The summed E-state index contributed by atoms with van der Waals surface area (Å²) in [5, 5.41) is 0.467. The summed E-state index contributed by atoms with van der Waals surface area (Å²) in [6, 6.07) is 4.23. The smallest absolute Gasteiger partial charge is 0.133 e. The van der Waals surface area contributed by atoms with E-state index < -0.39 is 0 Å². The molecule has 0 aliphatic carbocycles. The molecule has 2 rings (SSSR count). The summed E-state index contributed by atoms with van der Waals surface area (Å²) in [5.41, 5.74) is 6.48. The van der Waals surface area contributed by atoms with Gasteiger partial charge in [-0.25, -0.2) is 4.98 Å². The lowest BCUT2D eigenvalue weighted by molar-refractivity contribution is 0.192. The molecule has 1 atom stereocenters. The number of piperazine rings is 1. The molecule has 2 N–H and O–H groups in total. The van der Waals surface area contributed by atoms with E-state index in [0.717, 1.165) is 32.0 Å². The van der Waals surface area contributed by atoms with Crippen molar-refractivity contribution in [1.29, 1.82) is 0 Å². The molecule has 18 heavy (non-hydrogen) atoms. The lowest BCUT2D eigenvalue weighted by Crippen LogP contribution is -2.49. The fourth-order valence-corrected chi connectivity index (χ4v) is 2.53. The Hall–Kier alpha value is -1.00. The van der Waals surface area contributed by atoms with E-state index >= 15 is 0 Å². The summed E-state index contributed by atoms with van der Waals surface area (Å²) < 4.78 is 0. The van der Waals surface area contributed by atoms with Gasteiger partial charge in [-0.15, -0.1) is 0 Å². The third kappa shape index (κ3) is 3.06. The number of rotatable bonds is 3. The number of nitrogen functional groups attached to an aromatic ring is 1. The molecule has 0 saturated carbocycles. The molecule has 1 aromatic rings. The van der Waals surface area contributed by atoms with E-state index in [4.69, 9.17) is 17.3 Å². The van der Waals surface area contributed by atoms with Gasteiger partial charge >= 0.3 is 0 Å². The van der Waals surface area contributed by atoms with Gasteiger partial charge in [-0.1, -0.05) is 18.5 Å². The van der Waals surface area contributed by atoms with E-state index in [0.29, 0.717) is 16.9 Å². The van der Waals surface area contributed by atoms with Gasteiger partial charge in [0.1, 0.15) is 11.0 Å². The van der Waals surface area contributed by atoms with Crippen LogP contribution in [0.15, 0.2) is 12.1 Å². The van der Waals surface area contributed by atoms with Gasteiger partial charge in [-0.05, 0) is 19.4 Å². The van der Waals surface area contributed by atoms with Crippen molar-refractivity contribution in [2.24, 2.45) is 0 Å². The second-order valence-corrected chi connectivity index (χ2v) is 5.25. The van der Waals surface area contributed by atoms with Crippen LogP contribution in [0.2, 0.25) is 5.15 Å². The maximum atomic E-state index is 5.94. The summed E-state index contributed by atoms with van der Waals surface area (Å²) in [4.78, 5) is 9.11. The molecule has 1 aliphatic heterocycles. The number of anilines is 2. The molecule has 0 spiro atoms. The molecule has 0 amide bonds. The number of aromatic nitrogens is 1. The maximum Gasteiger partial charge on any atom is 0.133 e. The van der Waals surface area contributed by atoms with Crippen LogP contribution in [-0.2, 0) is 0 Å². The molecule has 1 fully saturated rings. The standard InChI is InChI=1S/C13H21ClN4/c1-3-10(2)17-4-6-18(7-5-17)13-9-11(15)8-12(14)16-13/h8-10H,3-7H2,1-2H3,(H2,15,16). The van der Waals surface area contributed by atoms with Crippen LogP contribution in [0.1, 0.15) is 20.3 Å². The van der Waals surface area contributed by atoms with Crippen LogP contribution in [-0.4, -0.2) is 42.1 Å². The molecule has 0 aromatic carbocycles. The SMILES string of the molecule is CCC(C)N1CCN(c2cc(N)cc(Cl)n2)CC1. The molecule has 0 radical (unpaired) electrons. The zero-order chi connectivity index (χ0) is 13.1. The first-order valence-electron chi connectivity index (χ1n) is 6.52. The zero-order valence-corrected chi connectivity index (χ0v) is 11.8. The molecular weight excluding hydrogens is 248 g/mol. The van der Waals surface area contributed by atoms with Crippen molar-refractivity contribution in [2.75, 3.05) is 36.8 Å². The second-order valence-electron chi connectivity index (χ2n) is 4.86. The van der Waals surface area contributed by atoms with Crippen LogP contribution in [0.5, 0.6) is 0 Å². The Labute approximate surface area is 114 Å². The molecular formula is C13H21ClN4. The summed E-state index contributed by atoms with van der Waals surface area (Å²) in [5.74, 6) is 0.892. The molecule has 1 saturated heterocycles. The van der Waals surface area contributed by atoms with E-state index in [1.54, 1.807) is 6.07 Å². The molecule has 1 aliphatic rings. The first kappa shape index (κ1) is 13.4. The van der Waals surface area contributed by atoms with Gasteiger partial charge in [0, 0.05) is 44.0 Å². The van der Waals surface area contributed by atoms with Gasteiger partial charge in [0.15, 0.2) is 0 Å². The van der Waals surface area contributed by atoms with Gasteiger partial charge in [-0.3, -0.25) is 4.90 Å². The molecule has 2 heterocycles. The third-order valence-electron chi connectivity index (χ3n) is 3.66. The van der Waals surface area contributed by atoms with Crippen molar-refractivity contribution >= 4 is 23.1 Å². The van der Waals surface area contributed by atoms with E-state index in [-0.39, 0.29) is 0 Å². The molecule has 0 bridgehead atoms. The van der Waals surface area contributed by atoms with Gasteiger partial charge in [0.2, 0.25) is 0 Å². The maximum absolute atomic E-state index is 5.94. The lowest BCUT2D eigenvalue weighted by atomic mass is 10.2. The predicted octanol–water partition coefficient (Wildman–Crippen LogP) is 2.24. The first-order valence-corrected chi connectivity index (χ1v) is 6.90. The Kier molecular flexibility index (Phi) is 4.30. The fraction of sp³-hybridized carbons (Fsp3) is 0.615. The normalized spacial score (nSPS) is 18.9. The minimum atomic E-state index is 0.467. The lowest BCUT2D eigenvalue weighted by Gasteiger charge is -2.38. The quantitative estimate of drug-likeness (QED) is 0.854. The van der Waals surface area contributed by atoms with E-state index in [9.17, 15) is 0 Å². The van der Waals surface area contributed by atoms with Crippen molar-refractivity contribution in [2.45, 2.75) is 26.3 Å². The van der Waals surface area contributed by atoms with Gasteiger partial charge in [0.25, 0.3) is 0 Å². The largest absolute Gasteiger partial charge is 0.399 e. The predicted molar refractivity (Wildman–Crippen MR) is 77.2 cm³/mol. The van der Waals surface area contributed by atoms with E-state index in [2.05, 4.69) is 28.6 Å². The Bertz CT molecular complexity index is 382. The Balaban J connectivity index is 2.01. The number of halogens is 1. The van der Waals surface area contributed by atoms with Crippen LogP contribution in [0.25, 0.3) is 0 Å². The van der Waals surface area contributed by atoms with Crippen molar-refractivity contribution in [1.82, 2.24) is 9.88 Å². The average molecular weight is 269 g/mol. The highest BCUT2D eigenvalue weighted by Crippen LogP contribution is 2.21. The summed E-state index contributed by atoms with van der Waals surface area (Å²) in [6.45, 7) is 8.63. The Morgan fingerprint density at radius 2 is 2.00 bits per heavy atom. The Morgan fingerprint density at radius 3 is 2.56 bits per heavy atom. The number of nitrogens with two attached hydrogens (primary N) is 1. The number of pyridine rings is 1. The van der Waals surface area contributed by atoms with E-state index in [1.807, 2.05) is 6.07 Å². The summed E-state index contributed by atoms with van der Waals surface area (Å²) in [7, 11) is 0. The molecule has 100 valence electrons. The molecule has 5 heteroatoms. The third-order valence-corrected chi connectivity index (χ3v) is 3.85. The highest BCUT2D eigenvalue weighted by atomic mass is 35.5. The van der Waals surface area contributed by atoms with Crippen LogP contribution < -0.4 is 10.6 Å². The monoisotopic (exact) mass is 268 g/mol. The summed E-state index contributed by atoms with van der Waals surface area (Å²) in [6.07, 6.45) is 1.20. The highest BCUT2D eigenvalue weighted by Gasteiger charge is 2.21. The average Bonchev–Trinajstić information content (AvgIpc) is 2.37. The van der Waals surface area contributed by atoms with E-state index in [1.165, 1.54) is 6.42 Å². The molecule has 1 unspecified atom stereocenters. The minimum absolute atomic E-state index is 0.467. The van der Waals surface area contributed by atoms with Crippen molar-refractivity contribution in [3.05, 3.63) is 17.3 Å². The van der Waals surface area contributed by atoms with Gasteiger partial charge in [-0.2, -0.15) is 0 Å². The minimum Gasteiger partial charge on any atom is -0.399 e.